The quantitative estimate of drug-likeness (QED) is 0.752. The van der Waals surface area contributed by atoms with E-state index < -0.39 is 16.1 Å². The highest BCUT2D eigenvalue weighted by molar-refractivity contribution is 7.88. The van der Waals surface area contributed by atoms with Crippen molar-refractivity contribution >= 4 is 21.8 Å². The predicted molar refractivity (Wildman–Crippen MR) is 70.4 cm³/mol. The third kappa shape index (κ3) is 4.11. The normalized spacial score (nSPS) is 10.9. The van der Waals surface area contributed by atoms with Crippen LogP contribution >= 0.6 is 0 Å². The molecule has 0 spiro atoms. The first-order valence-corrected chi connectivity index (χ1v) is 7.27. The first kappa shape index (κ1) is 15.3. The van der Waals surface area contributed by atoms with Crippen LogP contribution in [0.15, 0.2) is 24.3 Å². The van der Waals surface area contributed by atoms with E-state index in [0.717, 1.165) is 5.69 Å². The first-order valence-electron chi connectivity index (χ1n) is 5.66. The van der Waals surface area contributed by atoms with Gasteiger partial charge < -0.3 is 4.74 Å². The summed E-state index contributed by atoms with van der Waals surface area (Å²) in [5.41, 5.74) is 4.05. The van der Waals surface area contributed by atoms with E-state index in [9.17, 15) is 13.2 Å². The van der Waals surface area contributed by atoms with Gasteiger partial charge in [0.1, 0.15) is 0 Å². The standard InChI is InChI=1S/C11H17N3O4S/c1-3-18-11(15)14(2)19(16,17)8-9-4-6-10(13-12)7-5-9/h4-7,13H,3,8,12H2,1-2H3/p+1. The van der Waals surface area contributed by atoms with Crippen molar-refractivity contribution in [2.45, 2.75) is 12.7 Å². The minimum atomic E-state index is -3.73. The van der Waals surface area contributed by atoms with Gasteiger partial charge in [-0.1, -0.05) is 12.1 Å². The number of sulfonamides is 1. The fraction of sp³-hybridized carbons (Fsp3) is 0.364. The van der Waals surface area contributed by atoms with Gasteiger partial charge in [0, 0.05) is 7.05 Å². The summed E-state index contributed by atoms with van der Waals surface area (Å²) >= 11 is 0. The lowest BCUT2D eigenvalue weighted by Crippen LogP contribution is -2.56. The number of carbonyl (C=O) groups is 1. The number of quaternary nitrogens is 1. The van der Waals surface area contributed by atoms with Gasteiger partial charge in [0.2, 0.25) is 10.0 Å². The molecule has 0 aliphatic rings. The number of benzene rings is 1. The number of carbonyl (C=O) groups excluding carboxylic acids is 1. The summed E-state index contributed by atoms with van der Waals surface area (Å²) in [4.78, 5) is 11.4. The number of nitrogens with zero attached hydrogens (tertiary/aromatic N) is 1. The van der Waals surface area contributed by atoms with E-state index in [0.29, 0.717) is 9.87 Å². The SMILES string of the molecule is CCOC(=O)N(C)S(=O)(=O)Cc1ccc(N[NH3+])cc1. The molecule has 0 heterocycles. The lowest BCUT2D eigenvalue weighted by molar-refractivity contribution is -0.325. The molecule has 0 atom stereocenters. The summed E-state index contributed by atoms with van der Waals surface area (Å²) in [6, 6.07) is 6.73. The van der Waals surface area contributed by atoms with Crippen molar-refractivity contribution in [3.8, 4) is 0 Å². The summed E-state index contributed by atoms with van der Waals surface area (Å²) in [6.45, 7) is 1.74. The first-order chi connectivity index (χ1) is 8.90. The van der Waals surface area contributed by atoms with Gasteiger partial charge in [-0.25, -0.2) is 22.9 Å². The van der Waals surface area contributed by atoms with Crippen molar-refractivity contribution in [3.05, 3.63) is 29.8 Å². The Kier molecular flexibility index (Phi) is 5.13. The Bertz CT molecular complexity index is 527. The number of amides is 1. The molecule has 0 saturated carbocycles. The molecular weight excluding hydrogens is 270 g/mol. The number of nitrogens with one attached hydrogen (secondary N) is 1. The molecule has 0 saturated heterocycles. The van der Waals surface area contributed by atoms with Crippen LogP contribution in [0.2, 0.25) is 0 Å². The maximum atomic E-state index is 12.0. The van der Waals surface area contributed by atoms with Gasteiger partial charge in [-0.15, -0.1) is 0 Å². The number of ether oxygens (including phenoxy) is 1. The molecule has 0 aliphatic heterocycles. The Morgan fingerprint density at radius 1 is 1.37 bits per heavy atom. The van der Waals surface area contributed by atoms with E-state index in [1.165, 1.54) is 7.05 Å². The topological polar surface area (TPSA) is 103 Å². The predicted octanol–water partition coefficient (Wildman–Crippen LogP) is 0.174. The van der Waals surface area contributed by atoms with Crippen molar-refractivity contribution < 1.29 is 23.8 Å². The molecule has 0 aliphatic carbocycles. The molecule has 1 amide bonds. The molecule has 8 heteroatoms. The minimum Gasteiger partial charge on any atom is -0.449 e. The van der Waals surface area contributed by atoms with Crippen LogP contribution < -0.4 is 11.3 Å². The van der Waals surface area contributed by atoms with Crippen molar-refractivity contribution in [1.29, 1.82) is 0 Å². The van der Waals surface area contributed by atoms with Crippen LogP contribution in [-0.2, 0) is 20.5 Å². The summed E-state index contributed by atoms with van der Waals surface area (Å²) in [5.74, 6) is 3.23. The molecule has 106 valence electrons. The molecule has 1 rings (SSSR count). The minimum absolute atomic E-state index is 0.128. The van der Waals surface area contributed by atoms with Crippen molar-refractivity contribution in [2.75, 3.05) is 19.1 Å². The average Bonchev–Trinajstić information content (AvgIpc) is 2.38. The zero-order valence-electron chi connectivity index (χ0n) is 10.9. The molecule has 1 aromatic carbocycles. The maximum absolute atomic E-state index is 12.0. The third-order valence-corrected chi connectivity index (χ3v) is 4.13. The highest BCUT2D eigenvalue weighted by atomic mass is 32.2. The summed E-state index contributed by atoms with van der Waals surface area (Å²) in [7, 11) is -2.55. The van der Waals surface area contributed by atoms with E-state index in [4.69, 9.17) is 0 Å². The number of hydrogen-bond donors (Lipinski definition) is 2. The Hall–Kier alpha value is -1.80. The van der Waals surface area contributed by atoms with E-state index in [2.05, 4.69) is 16.0 Å². The molecule has 4 N–H and O–H groups in total. The third-order valence-electron chi connectivity index (χ3n) is 2.45. The maximum Gasteiger partial charge on any atom is 0.423 e. The number of anilines is 1. The Balaban J connectivity index is 2.80. The van der Waals surface area contributed by atoms with Gasteiger partial charge in [-0.05, 0) is 24.6 Å². The lowest BCUT2D eigenvalue weighted by atomic mass is 10.2. The summed E-state index contributed by atoms with van der Waals surface area (Å²) < 4.78 is 29.2. The summed E-state index contributed by atoms with van der Waals surface area (Å²) in [5, 5.41) is 0. The van der Waals surface area contributed by atoms with E-state index in [-0.39, 0.29) is 12.4 Å². The molecule has 1 aromatic rings. The largest absolute Gasteiger partial charge is 0.449 e. The van der Waals surface area contributed by atoms with E-state index >= 15 is 0 Å². The average molecular weight is 288 g/mol. The molecule has 7 nitrogen and oxygen atoms in total. The van der Waals surface area contributed by atoms with Crippen LogP contribution in [0.3, 0.4) is 0 Å². The van der Waals surface area contributed by atoms with Gasteiger partial charge in [0.05, 0.1) is 18.0 Å². The Morgan fingerprint density at radius 3 is 2.42 bits per heavy atom. The molecule has 19 heavy (non-hydrogen) atoms. The zero-order valence-corrected chi connectivity index (χ0v) is 11.7. The second-order valence-electron chi connectivity index (χ2n) is 3.80. The highest BCUT2D eigenvalue weighted by Crippen LogP contribution is 2.13. The van der Waals surface area contributed by atoms with Crippen molar-refractivity contribution in [3.63, 3.8) is 0 Å². The second kappa shape index (κ2) is 6.39. The van der Waals surface area contributed by atoms with Crippen molar-refractivity contribution in [1.82, 2.24) is 4.31 Å². The van der Waals surface area contributed by atoms with E-state index in [1.54, 1.807) is 31.2 Å². The Labute approximate surface area is 112 Å². The summed E-state index contributed by atoms with van der Waals surface area (Å²) in [6.07, 6.45) is -0.876. The van der Waals surface area contributed by atoms with Gasteiger partial charge in [-0.3, -0.25) is 5.84 Å². The second-order valence-corrected chi connectivity index (χ2v) is 5.80. The molecule has 0 fully saturated rings. The van der Waals surface area contributed by atoms with Crippen LogP contribution in [0, 0.1) is 0 Å². The Morgan fingerprint density at radius 2 is 1.95 bits per heavy atom. The monoisotopic (exact) mass is 288 g/mol. The van der Waals surface area contributed by atoms with Crippen LogP contribution in [0.4, 0.5) is 10.5 Å². The molecular formula is C11H18N3O4S+. The smallest absolute Gasteiger partial charge is 0.423 e. The van der Waals surface area contributed by atoms with Gasteiger partial charge in [-0.2, -0.15) is 0 Å². The van der Waals surface area contributed by atoms with Crippen LogP contribution in [0.1, 0.15) is 12.5 Å². The van der Waals surface area contributed by atoms with Gasteiger partial charge in [0.15, 0.2) is 0 Å². The van der Waals surface area contributed by atoms with Crippen LogP contribution in [0.5, 0.6) is 0 Å². The van der Waals surface area contributed by atoms with E-state index in [1.807, 2.05) is 0 Å². The molecule has 0 unspecified atom stereocenters. The number of rotatable bonds is 5. The highest BCUT2D eigenvalue weighted by Gasteiger charge is 2.24. The lowest BCUT2D eigenvalue weighted by Gasteiger charge is -2.16. The fourth-order valence-electron chi connectivity index (χ4n) is 1.35. The molecule has 0 radical (unpaired) electrons. The van der Waals surface area contributed by atoms with Crippen LogP contribution in [0.25, 0.3) is 0 Å². The number of hydrogen-bond acceptors (Lipinski definition) is 5. The van der Waals surface area contributed by atoms with Crippen LogP contribution in [-0.4, -0.2) is 32.5 Å². The fourth-order valence-corrected chi connectivity index (χ4v) is 2.44. The van der Waals surface area contributed by atoms with Gasteiger partial charge >= 0.3 is 6.09 Å². The van der Waals surface area contributed by atoms with Crippen molar-refractivity contribution in [2.24, 2.45) is 0 Å². The molecule has 0 aromatic heterocycles. The zero-order chi connectivity index (χ0) is 14.5. The van der Waals surface area contributed by atoms with Gasteiger partial charge in [0.25, 0.3) is 0 Å². The molecule has 0 bridgehead atoms.